The molecule has 1 aromatic heterocycles. The van der Waals surface area contributed by atoms with E-state index >= 15 is 0 Å². The van der Waals surface area contributed by atoms with Crippen LogP contribution in [0.1, 0.15) is 17.5 Å². The molecule has 3 fully saturated rings. The molecule has 8 rings (SSSR count). The van der Waals surface area contributed by atoms with Crippen molar-refractivity contribution in [1.82, 2.24) is 9.58 Å². The Kier molecular flexibility index (Phi) is 3.69. The Bertz CT molecular complexity index is 1290. The zero-order valence-corrected chi connectivity index (χ0v) is 17.5. The molecular formula is C27H23N3O2. The number of benzene rings is 2. The Hall–Kier alpha value is -3.47. The standard InChI is InChI=1S/C27H23N3O2/c31-26-24-19-10-11-20(22-12-21(19)22)25(24)27(32)30(26)28-13-17-15-29(14-16-6-2-1-3-7-16)23-9-5-4-8-18(17)23/h1-11,13,15,19-22,24-25H,12,14H2/b28-13-/t19-,20-,21-,22+,24+,25-/m1/s1. The highest BCUT2D eigenvalue weighted by molar-refractivity contribution is 6.07. The molecule has 0 unspecified atom stereocenters. The predicted molar refractivity (Wildman–Crippen MR) is 122 cm³/mol. The van der Waals surface area contributed by atoms with Crippen LogP contribution in [0.5, 0.6) is 0 Å². The highest BCUT2D eigenvalue weighted by Gasteiger charge is 2.67. The van der Waals surface area contributed by atoms with Crippen molar-refractivity contribution in [3.8, 4) is 0 Å². The maximum atomic E-state index is 13.2. The third kappa shape index (κ3) is 2.48. The van der Waals surface area contributed by atoms with Gasteiger partial charge >= 0.3 is 0 Å². The first-order chi connectivity index (χ1) is 15.7. The van der Waals surface area contributed by atoms with Gasteiger partial charge < -0.3 is 4.57 Å². The summed E-state index contributed by atoms with van der Waals surface area (Å²) in [6.07, 6.45) is 9.29. The molecular weight excluding hydrogens is 398 g/mol. The summed E-state index contributed by atoms with van der Waals surface area (Å²) in [7, 11) is 0. The summed E-state index contributed by atoms with van der Waals surface area (Å²) in [6.45, 7) is 0.749. The van der Waals surface area contributed by atoms with Crippen LogP contribution in [0.3, 0.4) is 0 Å². The van der Waals surface area contributed by atoms with Crippen LogP contribution in [-0.4, -0.2) is 27.6 Å². The number of allylic oxidation sites excluding steroid dienone is 2. The predicted octanol–water partition coefficient (Wildman–Crippen LogP) is 4.08. The summed E-state index contributed by atoms with van der Waals surface area (Å²) < 4.78 is 2.19. The minimum atomic E-state index is -0.210. The van der Waals surface area contributed by atoms with Crippen LogP contribution in [0, 0.1) is 35.5 Å². The van der Waals surface area contributed by atoms with Crippen molar-refractivity contribution in [2.24, 2.45) is 40.6 Å². The van der Waals surface area contributed by atoms with Gasteiger partial charge in [-0.25, -0.2) is 0 Å². The van der Waals surface area contributed by atoms with Crippen molar-refractivity contribution in [2.45, 2.75) is 13.0 Å². The van der Waals surface area contributed by atoms with Crippen molar-refractivity contribution in [3.05, 3.63) is 84.1 Å². The van der Waals surface area contributed by atoms with Crippen molar-refractivity contribution in [2.75, 3.05) is 0 Å². The van der Waals surface area contributed by atoms with E-state index in [1.807, 2.05) is 30.3 Å². The number of para-hydroxylation sites is 1. The van der Waals surface area contributed by atoms with Crippen LogP contribution in [0.15, 0.2) is 78.0 Å². The molecule has 2 saturated carbocycles. The van der Waals surface area contributed by atoms with E-state index in [0.29, 0.717) is 11.8 Å². The number of amides is 2. The molecule has 3 aromatic rings. The van der Waals surface area contributed by atoms with Gasteiger partial charge in [0.15, 0.2) is 0 Å². The van der Waals surface area contributed by atoms with E-state index in [2.05, 4.69) is 52.3 Å². The molecule has 5 nitrogen and oxygen atoms in total. The van der Waals surface area contributed by atoms with Gasteiger partial charge in [-0.3, -0.25) is 9.59 Å². The Labute approximate surface area is 186 Å². The van der Waals surface area contributed by atoms with Crippen molar-refractivity contribution < 1.29 is 9.59 Å². The normalized spacial score (nSPS) is 32.2. The van der Waals surface area contributed by atoms with E-state index < -0.39 is 0 Å². The largest absolute Gasteiger partial charge is 0.342 e. The Morgan fingerprint density at radius 3 is 2.25 bits per heavy atom. The third-order valence-electron chi connectivity index (χ3n) is 7.97. The first-order valence-electron chi connectivity index (χ1n) is 11.4. The zero-order chi connectivity index (χ0) is 21.4. The summed E-state index contributed by atoms with van der Waals surface area (Å²) in [5.74, 6) is 0.989. The molecule has 2 aromatic carbocycles. The molecule has 2 bridgehead atoms. The van der Waals surface area contributed by atoms with Crippen LogP contribution in [0.25, 0.3) is 10.9 Å². The lowest BCUT2D eigenvalue weighted by atomic mass is 9.63. The highest BCUT2D eigenvalue weighted by atomic mass is 16.2. The van der Waals surface area contributed by atoms with Crippen LogP contribution in [-0.2, 0) is 16.1 Å². The van der Waals surface area contributed by atoms with Gasteiger partial charge in [0.2, 0.25) is 0 Å². The van der Waals surface area contributed by atoms with E-state index in [9.17, 15) is 9.59 Å². The number of hydrogen-bond donors (Lipinski definition) is 0. The summed E-state index contributed by atoms with van der Waals surface area (Å²) in [6, 6.07) is 18.5. The van der Waals surface area contributed by atoms with E-state index in [1.165, 1.54) is 12.0 Å². The first-order valence-corrected chi connectivity index (χ1v) is 11.4. The monoisotopic (exact) mass is 421 g/mol. The van der Waals surface area contributed by atoms with E-state index in [1.54, 1.807) is 6.21 Å². The van der Waals surface area contributed by atoms with Crippen LogP contribution < -0.4 is 0 Å². The highest BCUT2D eigenvalue weighted by Crippen LogP contribution is 2.65. The number of fused-ring (bicyclic) bond motifs is 1. The Morgan fingerprint density at radius 2 is 1.53 bits per heavy atom. The van der Waals surface area contributed by atoms with Crippen molar-refractivity contribution in [3.63, 3.8) is 0 Å². The molecule has 2 amide bonds. The molecule has 158 valence electrons. The molecule has 6 atom stereocenters. The second-order valence-electron chi connectivity index (χ2n) is 9.60. The number of carbonyl (C=O) groups is 2. The minimum absolute atomic E-state index is 0.117. The molecule has 4 aliphatic carbocycles. The molecule has 32 heavy (non-hydrogen) atoms. The second kappa shape index (κ2) is 6.52. The summed E-state index contributed by atoms with van der Waals surface area (Å²) >= 11 is 0. The lowest BCUT2D eigenvalue weighted by molar-refractivity contribution is -0.140. The maximum absolute atomic E-state index is 13.2. The number of nitrogens with zero attached hydrogens (tertiary/aromatic N) is 3. The molecule has 0 spiro atoms. The number of hydrogen-bond acceptors (Lipinski definition) is 3. The summed E-state index contributed by atoms with van der Waals surface area (Å²) in [5, 5.41) is 6.68. The average Bonchev–Trinajstić information content (AvgIpc) is 3.54. The quantitative estimate of drug-likeness (QED) is 0.362. The van der Waals surface area contributed by atoms with Gasteiger partial charge in [0.25, 0.3) is 11.8 Å². The molecule has 1 aliphatic heterocycles. The second-order valence-corrected chi connectivity index (χ2v) is 9.60. The number of hydrazone groups is 1. The van der Waals surface area contributed by atoms with E-state index in [-0.39, 0.29) is 35.5 Å². The fourth-order valence-electron chi connectivity index (χ4n) is 6.46. The van der Waals surface area contributed by atoms with Gasteiger partial charge in [-0.05, 0) is 41.7 Å². The molecule has 0 radical (unpaired) electrons. The van der Waals surface area contributed by atoms with E-state index in [0.717, 1.165) is 28.0 Å². The Balaban J connectivity index is 1.21. The molecule has 5 aliphatic rings. The summed E-state index contributed by atoms with van der Waals surface area (Å²) in [5.41, 5.74) is 3.23. The van der Waals surface area contributed by atoms with Crippen LogP contribution >= 0.6 is 0 Å². The van der Waals surface area contributed by atoms with Gasteiger partial charge in [0, 0.05) is 29.2 Å². The van der Waals surface area contributed by atoms with Crippen LogP contribution in [0.2, 0.25) is 0 Å². The molecule has 5 heteroatoms. The van der Waals surface area contributed by atoms with Gasteiger partial charge in [-0.15, -0.1) is 0 Å². The van der Waals surface area contributed by atoms with Gasteiger partial charge in [0.1, 0.15) is 0 Å². The van der Waals surface area contributed by atoms with Gasteiger partial charge in [0.05, 0.1) is 18.1 Å². The lowest BCUT2D eigenvalue weighted by Gasteiger charge is -2.37. The first kappa shape index (κ1) is 18.1. The smallest absolute Gasteiger partial charge is 0.254 e. The summed E-state index contributed by atoms with van der Waals surface area (Å²) in [4.78, 5) is 26.4. The fraction of sp³-hybridized carbons (Fsp3) is 0.296. The van der Waals surface area contributed by atoms with Crippen LogP contribution in [0.4, 0.5) is 0 Å². The number of rotatable bonds is 4. The molecule has 2 heterocycles. The lowest BCUT2D eigenvalue weighted by Crippen LogP contribution is -2.40. The SMILES string of the molecule is O=C1[C@@H]2[C@@H]3C=C[C@H]([C@H]4C[C@@H]34)[C@@H]2C(=O)N1/N=C\c1cn(Cc2ccccc2)c2ccccc12. The van der Waals surface area contributed by atoms with Gasteiger partial charge in [-0.2, -0.15) is 10.1 Å². The molecule has 1 saturated heterocycles. The van der Waals surface area contributed by atoms with E-state index in [4.69, 9.17) is 0 Å². The fourth-order valence-corrected chi connectivity index (χ4v) is 6.46. The topological polar surface area (TPSA) is 54.7 Å². The minimum Gasteiger partial charge on any atom is -0.342 e. The zero-order valence-electron chi connectivity index (χ0n) is 17.5. The average molecular weight is 422 g/mol. The number of carbonyl (C=O) groups excluding carboxylic acids is 2. The van der Waals surface area contributed by atoms with Gasteiger partial charge in [-0.1, -0.05) is 60.7 Å². The molecule has 0 N–H and O–H groups in total. The van der Waals surface area contributed by atoms with Crippen molar-refractivity contribution >= 4 is 28.9 Å². The number of aromatic nitrogens is 1. The maximum Gasteiger partial charge on any atom is 0.254 e. The third-order valence-corrected chi connectivity index (χ3v) is 7.97. The number of imide groups is 1. The van der Waals surface area contributed by atoms with Crippen molar-refractivity contribution in [1.29, 1.82) is 0 Å². The Morgan fingerprint density at radius 1 is 0.875 bits per heavy atom.